The number of ether oxygens (including phenoxy) is 1. The second-order valence-electron chi connectivity index (χ2n) is 5.73. The zero-order chi connectivity index (χ0) is 17.3. The van der Waals surface area contributed by atoms with Gasteiger partial charge in [-0.05, 0) is 43.5 Å². The number of benzene rings is 1. The van der Waals surface area contributed by atoms with Crippen LogP contribution in [-0.4, -0.2) is 22.4 Å². The monoisotopic (exact) mass is 323 g/mol. The number of imidazole rings is 1. The van der Waals surface area contributed by atoms with Gasteiger partial charge in [0.2, 0.25) is 0 Å². The molecule has 2 heterocycles. The molecule has 0 saturated heterocycles. The molecule has 0 bridgehead atoms. The Morgan fingerprint density at radius 3 is 2.75 bits per heavy atom. The van der Waals surface area contributed by atoms with Gasteiger partial charge < -0.3 is 10.1 Å². The number of nitrogens with one attached hydrogen (secondary N) is 1. The number of para-hydroxylation sites is 1. The van der Waals surface area contributed by atoms with E-state index in [0.29, 0.717) is 22.8 Å². The van der Waals surface area contributed by atoms with Crippen LogP contribution in [0, 0.1) is 13.8 Å². The average molecular weight is 323 g/mol. The summed E-state index contributed by atoms with van der Waals surface area (Å²) in [5, 5.41) is 3.06. The van der Waals surface area contributed by atoms with Gasteiger partial charge in [-0.2, -0.15) is 0 Å². The Bertz CT molecular complexity index is 912. The third kappa shape index (κ3) is 2.62. The van der Waals surface area contributed by atoms with E-state index in [1.165, 1.54) is 0 Å². The maximum atomic E-state index is 12.9. The predicted molar refractivity (Wildman–Crippen MR) is 95.0 cm³/mol. The lowest BCUT2D eigenvalue weighted by molar-refractivity contribution is 0.102. The first-order valence-electron chi connectivity index (χ1n) is 7.98. The number of fused-ring (bicyclic) bond motifs is 1. The minimum atomic E-state index is -0.169. The maximum absolute atomic E-state index is 12.9. The minimum absolute atomic E-state index is 0.169. The zero-order valence-corrected chi connectivity index (χ0v) is 14.4. The Morgan fingerprint density at radius 1 is 1.25 bits per heavy atom. The first-order chi connectivity index (χ1) is 11.6. The van der Waals surface area contributed by atoms with Gasteiger partial charge in [-0.3, -0.25) is 9.20 Å². The number of aromatic nitrogens is 2. The van der Waals surface area contributed by atoms with Crippen molar-refractivity contribution in [1.82, 2.24) is 9.38 Å². The van der Waals surface area contributed by atoms with Gasteiger partial charge in [-0.15, -0.1) is 0 Å². The number of carbonyl (C=O) groups is 1. The smallest absolute Gasteiger partial charge is 0.274 e. The van der Waals surface area contributed by atoms with Gasteiger partial charge in [-0.25, -0.2) is 4.98 Å². The summed E-state index contributed by atoms with van der Waals surface area (Å²) in [4.78, 5) is 17.4. The normalized spacial score (nSPS) is 10.8. The molecule has 0 aliphatic heterocycles. The molecule has 0 atom stereocenters. The Morgan fingerprint density at radius 2 is 2.04 bits per heavy atom. The highest BCUT2D eigenvalue weighted by molar-refractivity contribution is 6.05. The molecule has 0 spiro atoms. The predicted octanol–water partition coefficient (Wildman–Crippen LogP) is 3.77. The van der Waals surface area contributed by atoms with E-state index in [1.54, 1.807) is 11.5 Å². The molecule has 0 aliphatic carbocycles. The van der Waals surface area contributed by atoms with Gasteiger partial charge in [0, 0.05) is 11.9 Å². The number of hydrogen-bond donors (Lipinski definition) is 1. The van der Waals surface area contributed by atoms with E-state index in [-0.39, 0.29) is 5.91 Å². The fourth-order valence-corrected chi connectivity index (χ4v) is 2.96. The first-order valence-corrected chi connectivity index (χ1v) is 7.98. The van der Waals surface area contributed by atoms with Gasteiger partial charge in [0.15, 0.2) is 11.4 Å². The van der Waals surface area contributed by atoms with Crippen LogP contribution in [0.15, 0.2) is 36.5 Å². The molecule has 0 radical (unpaired) electrons. The van der Waals surface area contributed by atoms with Crippen LogP contribution in [0.25, 0.3) is 5.65 Å². The highest BCUT2D eigenvalue weighted by Crippen LogP contribution is 2.25. The van der Waals surface area contributed by atoms with E-state index >= 15 is 0 Å². The molecule has 24 heavy (non-hydrogen) atoms. The Hall–Kier alpha value is -2.82. The van der Waals surface area contributed by atoms with Gasteiger partial charge in [0.05, 0.1) is 12.8 Å². The SMILES string of the molecule is CCc1cccc(C)c1NC(=O)c1c(C)nc2c(OC)cccn12. The molecular weight excluding hydrogens is 302 g/mol. The standard InChI is InChI=1S/C19H21N3O2/c1-5-14-9-6-8-12(2)16(14)21-19(23)17-13(3)20-18-15(24-4)10-7-11-22(17)18/h6-11H,5H2,1-4H3,(H,21,23). The Kier molecular flexibility index (Phi) is 4.25. The van der Waals surface area contributed by atoms with Gasteiger partial charge in [0.1, 0.15) is 5.69 Å². The summed E-state index contributed by atoms with van der Waals surface area (Å²) in [6, 6.07) is 9.72. The number of amides is 1. The van der Waals surface area contributed by atoms with Crippen LogP contribution in [0.3, 0.4) is 0 Å². The molecule has 0 unspecified atom stereocenters. The fourth-order valence-electron chi connectivity index (χ4n) is 2.96. The minimum Gasteiger partial charge on any atom is -0.493 e. The number of carbonyl (C=O) groups excluding carboxylic acids is 1. The molecule has 5 nitrogen and oxygen atoms in total. The van der Waals surface area contributed by atoms with Crippen LogP contribution in [-0.2, 0) is 6.42 Å². The number of hydrogen-bond acceptors (Lipinski definition) is 3. The van der Waals surface area contributed by atoms with E-state index in [9.17, 15) is 4.79 Å². The van der Waals surface area contributed by atoms with Crippen molar-refractivity contribution < 1.29 is 9.53 Å². The average Bonchev–Trinajstić information content (AvgIpc) is 2.92. The van der Waals surface area contributed by atoms with E-state index in [0.717, 1.165) is 23.2 Å². The fraction of sp³-hybridized carbons (Fsp3) is 0.263. The highest BCUT2D eigenvalue weighted by atomic mass is 16.5. The lowest BCUT2D eigenvalue weighted by Crippen LogP contribution is -2.17. The molecule has 0 fully saturated rings. The molecule has 0 saturated carbocycles. The van der Waals surface area contributed by atoms with Crippen LogP contribution in [0.1, 0.15) is 34.2 Å². The van der Waals surface area contributed by atoms with Crippen LogP contribution in [0.5, 0.6) is 5.75 Å². The van der Waals surface area contributed by atoms with Crippen LogP contribution < -0.4 is 10.1 Å². The van der Waals surface area contributed by atoms with Crippen molar-refractivity contribution in [3.8, 4) is 5.75 Å². The third-order valence-corrected chi connectivity index (χ3v) is 4.20. The summed E-state index contributed by atoms with van der Waals surface area (Å²) < 4.78 is 7.11. The molecular formula is C19H21N3O2. The number of aryl methyl sites for hydroxylation is 3. The number of methoxy groups -OCH3 is 1. The largest absolute Gasteiger partial charge is 0.493 e. The van der Waals surface area contributed by atoms with Gasteiger partial charge in [-0.1, -0.05) is 25.1 Å². The Labute approximate surface area is 141 Å². The summed E-state index contributed by atoms with van der Waals surface area (Å²) >= 11 is 0. The van der Waals surface area contributed by atoms with E-state index < -0.39 is 0 Å². The summed E-state index contributed by atoms with van der Waals surface area (Å²) in [6.45, 7) is 5.91. The summed E-state index contributed by atoms with van der Waals surface area (Å²) in [5.41, 5.74) is 4.88. The second-order valence-corrected chi connectivity index (χ2v) is 5.73. The van der Waals surface area contributed by atoms with Crippen LogP contribution in [0.2, 0.25) is 0 Å². The van der Waals surface area contributed by atoms with Crippen molar-refractivity contribution in [2.45, 2.75) is 27.2 Å². The van der Waals surface area contributed by atoms with Crippen molar-refractivity contribution in [2.75, 3.05) is 12.4 Å². The molecule has 0 aliphatic rings. The number of anilines is 1. The van der Waals surface area contributed by atoms with Gasteiger partial charge >= 0.3 is 0 Å². The van der Waals surface area contributed by atoms with Crippen molar-refractivity contribution in [3.05, 3.63) is 59.0 Å². The summed E-state index contributed by atoms with van der Waals surface area (Å²) in [6.07, 6.45) is 2.68. The molecule has 3 aromatic rings. The zero-order valence-electron chi connectivity index (χ0n) is 14.4. The number of pyridine rings is 1. The maximum Gasteiger partial charge on any atom is 0.274 e. The van der Waals surface area contributed by atoms with Crippen molar-refractivity contribution in [3.63, 3.8) is 0 Å². The summed E-state index contributed by atoms with van der Waals surface area (Å²) in [5.74, 6) is 0.474. The molecule has 1 amide bonds. The van der Waals surface area contributed by atoms with E-state index in [1.807, 2.05) is 50.4 Å². The first kappa shape index (κ1) is 16.1. The van der Waals surface area contributed by atoms with Crippen molar-refractivity contribution in [1.29, 1.82) is 0 Å². The van der Waals surface area contributed by atoms with Crippen LogP contribution in [0.4, 0.5) is 5.69 Å². The second kappa shape index (κ2) is 6.35. The summed E-state index contributed by atoms with van der Waals surface area (Å²) in [7, 11) is 1.60. The molecule has 5 heteroatoms. The van der Waals surface area contributed by atoms with Crippen LogP contribution >= 0.6 is 0 Å². The van der Waals surface area contributed by atoms with E-state index in [4.69, 9.17) is 4.74 Å². The van der Waals surface area contributed by atoms with Crippen molar-refractivity contribution >= 4 is 17.2 Å². The Balaban J connectivity index is 2.06. The molecule has 3 rings (SSSR count). The van der Waals surface area contributed by atoms with E-state index in [2.05, 4.69) is 17.2 Å². The molecule has 124 valence electrons. The topological polar surface area (TPSA) is 55.6 Å². The lowest BCUT2D eigenvalue weighted by atomic mass is 10.1. The lowest BCUT2D eigenvalue weighted by Gasteiger charge is -2.13. The molecule has 2 aromatic heterocycles. The van der Waals surface area contributed by atoms with Crippen molar-refractivity contribution in [2.24, 2.45) is 0 Å². The van der Waals surface area contributed by atoms with Gasteiger partial charge in [0.25, 0.3) is 5.91 Å². The highest BCUT2D eigenvalue weighted by Gasteiger charge is 2.20. The third-order valence-electron chi connectivity index (χ3n) is 4.20. The quantitative estimate of drug-likeness (QED) is 0.795. The molecule has 1 N–H and O–H groups in total. The number of nitrogens with zero attached hydrogens (tertiary/aromatic N) is 2. The molecule has 1 aromatic carbocycles. The number of rotatable bonds is 4.